The summed E-state index contributed by atoms with van der Waals surface area (Å²) in [6, 6.07) is 21.9. The van der Waals surface area contributed by atoms with Gasteiger partial charge in [0.1, 0.15) is 6.54 Å². The molecule has 11 heteroatoms. The second kappa shape index (κ2) is 11.7. The quantitative estimate of drug-likeness (QED) is 0.177. The monoisotopic (exact) mass is 632 g/mol. The van der Waals surface area contributed by atoms with Gasteiger partial charge in [0.05, 0.1) is 26.8 Å². The maximum Gasteiger partial charge on any atom is 0.264 e. The summed E-state index contributed by atoms with van der Waals surface area (Å²) < 4.78 is 30.6. The van der Waals surface area contributed by atoms with Gasteiger partial charge in [-0.2, -0.15) is 5.10 Å². The van der Waals surface area contributed by atoms with Crippen molar-refractivity contribution < 1.29 is 13.2 Å². The van der Waals surface area contributed by atoms with Crippen molar-refractivity contribution in [1.29, 1.82) is 0 Å². The Morgan fingerprint density at radius 1 is 1.00 bits per heavy atom. The molecule has 0 bridgehead atoms. The topological polar surface area (TPSA) is 83.8 Å². The number of hydrogen-bond donors (Lipinski definition) is 1. The van der Waals surface area contributed by atoms with Gasteiger partial charge in [0.2, 0.25) is 0 Å². The predicted molar refractivity (Wildman–Crippen MR) is 156 cm³/mol. The third-order valence-corrected chi connectivity index (χ3v) is 8.81. The first-order chi connectivity index (χ1) is 18.1. The number of sulfonamides is 1. The van der Waals surface area contributed by atoms with Gasteiger partial charge in [-0.1, -0.05) is 57.3 Å². The fraction of sp³-hybridized carbons (Fsp3) is 0.111. The third kappa shape index (κ3) is 6.13. The van der Waals surface area contributed by atoms with Crippen LogP contribution >= 0.6 is 39.1 Å². The zero-order chi connectivity index (χ0) is 27.4. The van der Waals surface area contributed by atoms with Gasteiger partial charge in [0.25, 0.3) is 15.9 Å². The Hall–Kier alpha value is -3.11. The molecular weight excluding hydrogens is 611 g/mol. The fourth-order valence-corrected chi connectivity index (χ4v) is 5.92. The predicted octanol–water partition coefficient (Wildman–Crippen LogP) is 6.51. The number of amides is 1. The number of hydrogen-bond acceptors (Lipinski definition) is 4. The zero-order valence-electron chi connectivity index (χ0n) is 20.4. The Balaban J connectivity index is 1.54. The minimum Gasteiger partial charge on any atom is -0.318 e. The highest BCUT2D eigenvalue weighted by Gasteiger charge is 2.27. The highest BCUT2D eigenvalue weighted by Crippen LogP contribution is 2.28. The van der Waals surface area contributed by atoms with Crippen molar-refractivity contribution >= 4 is 67.0 Å². The smallest absolute Gasteiger partial charge is 0.264 e. The van der Waals surface area contributed by atoms with Gasteiger partial charge in [0.15, 0.2) is 0 Å². The lowest BCUT2D eigenvalue weighted by Crippen LogP contribution is -2.39. The van der Waals surface area contributed by atoms with Crippen LogP contribution in [-0.2, 0) is 14.8 Å². The van der Waals surface area contributed by atoms with Crippen LogP contribution in [0.15, 0.2) is 93.3 Å². The SMILES string of the molecule is Cc1cc(/C=N/NC(=O)CN(c2ccc(Br)cc2)S(=O)(=O)c2ccccc2)c(C)n1-c1ccc(Cl)c(Cl)c1. The molecule has 0 saturated heterocycles. The molecule has 196 valence electrons. The molecule has 0 fully saturated rings. The molecule has 0 unspecified atom stereocenters. The van der Waals surface area contributed by atoms with Crippen LogP contribution in [0.25, 0.3) is 5.69 Å². The summed E-state index contributed by atoms with van der Waals surface area (Å²) in [7, 11) is -4.00. The lowest BCUT2D eigenvalue weighted by molar-refractivity contribution is -0.119. The van der Waals surface area contributed by atoms with Gasteiger partial charge < -0.3 is 4.57 Å². The molecular formula is C27H23BrCl2N4O3S. The highest BCUT2D eigenvalue weighted by molar-refractivity contribution is 9.10. The van der Waals surface area contributed by atoms with Crippen LogP contribution in [0.1, 0.15) is 17.0 Å². The molecule has 38 heavy (non-hydrogen) atoms. The van der Waals surface area contributed by atoms with E-state index in [1.165, 1.54) is 18.3 Å². The van der Waals surface area contributed by atoms with Crippen molar-refractivity contribution in [2.75, 3.05) is 10.8 Å². The summed E-state index contributed by atoms with van der Waals surface area (Å²) in [6.45, 7) is 3.40. The Kier molecular flexibility index (Phi) is 8.62. The van der Waals surface area contributed by atoms with Crippen molar-refractivity contribution in [3.05, 3.63) is 110 Å². The molecule has 0 aliphatic rings. The highest BCUT2D eigenvalue weighted by atomic mass is 79.9. The van der Waals surface area contributed by atoms with E-state index in [2.05, 4.69) is 26.5 Å². The number of carbonyl (C=O) groups is 1. The first-order valence-corrected chi connectivity index (χ1v) is 14.4. The summed E-state index contributed by atoms with van der Waals surface area (Å²) in [6.07, 6.45) is 1.52. The molecule has 0 atom stereocenters. The summed E-state index contributed by atoms with van der Waals surface area (Å²) in [4.78, 5) is 12.9. The number of rotatable bonds is 8. The van der Waals surface area contributed by atoms with Crippen molar-refractivity contribution in [2.24, 2.45) is 5.10 Å². The average molecular weight is 634 g/mol. The summed E-state index contributed by atoms with van der Waals surface area (Å²) in [5.41, 5.74) is 6.22. The molecule has 0 aliphatic heterocycles. The molecule has 1 heterocycles. The van der Waals surface area contributed by atoms with Crippen molar-refractivity contribution in [1.82, 2.24) is 9.99 Å². The normalized spacial score (nSPS) is 11.6. The second-order valence-electron chi connectivity index (χ2n) is 8.35. The molecule has 0 spiro atoms. The van der Waals surface area contributed by atoms with Gasteiger partial charge in [0, 0.05) is 27.1 Å². The summed E-state index contributed by atoms with van der Waals surface area (Å²) >= 11 is 15.6. The van der Waals surface area contributed by atoms with Crippen LogP contribution in [0, 0.1) is 13.8 Å². The van der Waals surface area contributed by atoms with Crippen LogP contribution in [0.4, 0.5) is 5.69 Å². The van der Waals surface area contributed by atoms with Crippen molar-refractivity contribution in [3.8, 4) is 5.69 Å². The standard InChI is InChI=1S/C27H23BrCl2N4O3S/c1-18-14-20(19(2)34(18)23-12-13-25(29)26(30)15-23)16-31-32-27(35)17-33(22-10-8-21(28)9-11-22)38(36,37)24-6-4-3-5-7-24/h3-16H,17H2,1-2H3,(H,32,35)/b31-16+. The van der Waals surface area contributed by atoms with E-state index in [1.54, 1.807) is 54.6 Å². The molecule has 4 aromatic rings. The Morgan fingerprint density at radius 2 is 1.68 bits per heavy atom. The number of aromatic nitrogens is 1. The van der Waals surface area contributed by atoms with Crippen molar-refractivity contribution in [2.45, 2.75) is 18.7 Å². The molecule has 0 radical (unpaired) electrons. The number of halogens is 3. The van der Waals surface area contributed by atoms with E-state index in [9.17, 15) is 13.2 Å². The van der Waals surface area contributed by atoms with E-state index in [0.717, 1.165) is 31.4 Å². The van der Waals surface area contributed by atoms with Crippen molar-refractivity contribution in [3.63, 3.8) is 0 Å². The number of aryl methyl sites for hydroxylation is 1. The van der Waals surface area contributed by atoms with E-state index in [0.29, 0.717) is 15.7 Å². The molecule has 1 amide bonds. The zero-order valence-corrected chi connectivity index (χ0v) is 24.3. The Morgan fingerprint density at radius 3 is 2.34 bits per heavy atom. The van der Waals surface area contributed by atoms with Gasteiger partial charge in [-0.25, -0.2) is 13.8 Å². The number of benzene rings is 3. The van der Waals surface area contributed by atoms with Crippen LogP contribution < -0.4 is 9.73 Å². The Labute approximate surface area is 239 Å². The second-order valence-corrected chi connectivity index (χ2v) is 11.9. The largest absolute Gasteiger partial charge is 0.318 e. The van der Waals surface area contributed by atoms with Crippen LogP contribution in [0.5, 0.6) is 0 Å². The van der Waals surface area contributed by atoms with Crippen LogP contribution in [-0.4, -0.2) is 31.7 Å². The number of anilines is 1. The number of nitrogens with one attached hydrogen (secondary N) is 1. The number of nitrogens with zero attached hydrogens (tertiary/aromatic N) is 3. The molecule has 7 nitrogen and oxygen atoms in total. The Bertz CT molecular complexity index is 1610. The van der Waals surface area contributed by atoms with Gasteiger partial charge in [-0.05, 0) is 74.5 Å². The first-order valence-electron chi connectivity index (χ1n) is 11.4. The van der Waals surface area contributed by atoms with E-state index in [1.807, 2.05) is 30.5 Å². The lowest BCUT2D eigenvalue weighted by Gasteiger charge is -2.23. The van der Waals surface area contributed by atoms with E-state index >= 15 is 0 Å². The summed E-state index contributed by atoms with van der Waals surface area (Å²) in [5, 5.41) is 4.99. The van der Waals surface area contributed by atoms with Crippen LogP contribution in [0.3, 0.4) is 0 Å². The van der Waals surface area contributed by atoms with E-state index in [4.69, 9.17) is 23.2 Å². The molecule has 0 aliphatic carbocycles. The molecule has 3 aromatic carbocycles. The molecule has 0 saturated carbocycles. The average Bonchev–Trinajstić information content (AvgIpc) is 3.18. The molecule has 4 rings (SSSR count). The van der Waals surface area contributed by atoms with E-state index in [-0.39, 0.29) is 4.90 Å². The number of carbonyl (C=O) groups excluding carboxylic acids is 1. The first kappa shape index (κ1) is 27.9. The summed E-state index contributed by atoms with van der Waals surface area (Å²) in [5.74, 6) is -0.595. The number of hydrazone groups is 1. The van der Waals surface area contributed by atoms with Gasteiger partial charge in [-0.3, -0.25) is 9.10 Å². The molecule has 1 aromatic heterocycles. The third-order valence-electron chi connectivity index (χ3n) is 5.76. The van der Waals surface area contributed by atoms with Gasteiger partial charge in [-0.15, -0.1) is 0 Å². The maximum atomic E-state index is 13.4. The van der Waals surface area contributed by atoms with Crippen LogP contribution in [0.2, 0.25) is 10.0 Å². The minimum absolute atomic E-state index is 0.0777. The molecule has 1 N–H and O–H groups in total. The maximum absolute atomic E-state index is 13.4. The lowest BCUT2D eigenvalue weighted by atomic mass is 10.2. The minimum atomic E-state index is -4.00. The van der Waals surface area contributed by atoms with Gasteiger partial charge >= 0.3 is 0 Å². The van der Waals surface area contributed by atoms with E-state index < -0.39 is 22.5 Å². The fourth-order valence-electron chi connectivity index (χ4n) is 3.92.